The van der Waals surface area contributed by atoms with Crippen LogP contribution in [0.4, 0.5) is 14.6 Å². The van der Waals surface area contributed by atoms with E-state index in [1.54, 1.807) is 29.5 Å². The number of nitrogens with zero attached hydrogens (tertiary/aromatic N) is 7. The highest BCUT2D eigenvalue weighted by Gasteiger charge is 2.25. The largest absolute Gasteiger partial charge is 0.478 e. The second-order valence-corrected chi connectivity index (χ2v) is 9.90. The van der Waals surface area contributed by atoms with E-state index in [4.69, 9.17) is 14.7 Å². The van der Waals surface area contributed by atoms with Crippen molar-refractivity contribution < 1.29 is 28.2 Å². The van der Waals surface area contributed by atoms with Gasteiger partial charge in [0.25, 0.3) is 0 Å². The van der Waals surface area contributed by atoms with Gasteiger partial charge < -0.3 is 24.0 Å². The number of nitriles is 1. The van der Waals surface area contributed by atoms with Crippen molar-refractivity contribution in [1.82, 2.24) is 19.5 Å². The Morgan fingerprint density at radius 3 is 2.69 bits per heavy atom. The Hall–Kier alpha value is -5.09. The lowest BCUT2D eigenvalue weighted by molar-refractivity contribution is -0.0592. The number of aromatic carboxylic acids is 1. The van der Waals surface area contributed by atoms with E-state index in [1.807, 2.05) is 15.5 Å². The molecule has 0 spiro atoms. The number of rotatable bonds is 9. The molecule has 2 aliphatic rings. The van der Waals surface area contributed by atoms with Gasteiger partial charge in [0.1, 0.15) is 35.9 Å². The zero-order chi connectivity index (χ0) is 29.2. The zero-order valence-corrected chi connectivity index (χ0v) is 22.3. The molecule has 13 heteroatoms. The molecule has 1 fully saturated rings. The number of pyridine rings is 1. The number of hydrazone groups is 1. The summed E-state index contributed by atoms with van der Waals surface area (Å²) in [5.74, 6) is -0.975. The van der Waals surface area contributed by atoms with E-state index in [-0.39, 0.29) is 35.9 Å². The summed E-state index contributed by atoms with van der Waals surface area (Å²) < 4.78 is 42.1. The minimum atomic E-state index is -1.21. The molecule has 1 saturated heterocycles. The van der Waals surface area contributed by atoms with E-state index in [0.29, 0.717) is 54.8 Å². The molecular weight excluding hydrogens is 548 g/mol. The molecule has 0 radical (unpaired) electrons. The molecule has 4 aromatic rings. The number of imidazole rings is 1. The summed E-state index contributed by atoms with van der Waals surface area (Å²) in [6.45, 7) is 2.36. The predicted octanol–water partition coefficient (Wildman–Crippen LogP) is 3.91. The maximum atomic E-state index is 14.8. The van der Waals surface area contributed by atoms with Gasteiger partial charge in [0.15, 0.2) is 5.82 Å². The topological polar surface area (TPSA) is 129 Å². The third-order valence-corrected chi connectivity index (χ3v) is 7.15. The van der Waals surface area contributed by atoms with Crippen LogP contribution < -0.4 is 9.64 Å². The Balaban J connectivity index is 1.16. The summed E-state index contributed by atoms with van der Waals surface area (Å²) in [5.41, 5.74) is 0.917. The molecule has 0 unspecified atom stereocenters. The van der Waals surface area contributed by atoms with Crippen LogP contribution in [0.1, 0.15) is 33.7 Å². The van der Waals surface area contributed by atoms with E-state index < -0.39 is 17.6 Å². The number of hydrogen-bond donors (Lipinski definition) is 1. The first kappa shape index (κ1) is 27.1. The van der Waals surface area contributed by atoms with Gasteiger partial charge in [0.2, 0.25) is 5.88 Å². The molecule has 11 nitrogen and oxygen atoms in total. The smallest absolute Gasteiger partial charge is 0.335 e. The van der Waals surface area contributed by atoms with Crippen molar-refractivity contribution in [2.45, 2.75) is 32.2 Å². The second-order valence-electron chi connectivity index (χ2n) is 9.90. The monoisotopic (exact) mass is 573 g/mol. The van der Waals surface area contributed by atoms with Crippen molar-refractivity contribution in [3.05, 3.63) is 82.7 Å². The summed E-state index contributed by atoms with van der Waals surface area (Å²) in [4.78, 5) is 22.4. The van der Waals surface area contributed by atoms with Gasteiger partial charge in [-0.3, -0.25) is 5.01 Å². The fourth-order valence-electron chi connectivity index (χ4n) is 4.77. The molecule has 1 N–H and O–H groups in total. The van der Waals surface area contributed by atoms with Gasteiger partial charge in [-0.25, -0.2) is 18.6 Å². The second kappa shape index (κ2) is 11.4. The van der Waals surface area contributed by atoms with Gasteiger partial charge >= 0.3 is 5.97 Å². The molecule has 4 heterocycles. The highest BCUT2D eigenvalue weighted by molar-refractivity contribution is 5.92. The third-order valence-electron chi connectivity index (χ3n) is 7.15. The normalized spacial score (nSPS) is 16.4. The molecule has 2 aromatic carbocycles. The highest BCUT2D eigenvalue weighted by Crippen LogP contribution is 2.26. The molecular formula is C29H25F2N7O4. The van der Waals surface area contributed by atoms with Gasteiger partial charge in [-0.2, -0.15) is 15.3 Å². The number of carboxylic acids is 1. The van der Waals surface area contributed by atoms with Crippen LogP contribution in [-0.4, -0.2) is 62.8 Å². The number of carboxylic acid groups (broad SMARTS) is 1. The molecule has 0 bridgehead atoms. The van der Waals surface area contributed by atoms with Crippen LogP contribution in [-0.2, 0) is 24.4 Å². The van der Waals surface area contributed by atoms with Crippen LogP contribution in [0, 0.1) is 23.0 Å². The van der Waals surface area contributed by atoms with Crippen LogP contribution >= 0.6 is 0 Å². The van der Waals surface area contributed by atoms with Crippen molar-refractivity contribution in [3.63, 3.8) is 0 Å². The summed E-state index contributed by atoms with van der Waals surface area (Å²) in [6.07, 6.45) is 2.43. The fourth-order valence-corrected chi connectivity index (χ4v) is 4.77. The molecule has 1 atom stereocenters. The van der Waals surface area contributed by atoms with Crippen LogP contribution in [0.15, 0.2) is 53.6 Å². The first-order chi connectivity index (χ1) is 20.4. The number of carbonyl (C=O) groups is 1. The standard InChI is InChI=1S/C29H25F2N7O4/c30-22-10-18(13-32)4-5-19(22)16-42-27-3-1-2-25(34-27)36-7-8-37(33-17-36)15-26-35-28-23(31)11-20(29(39)40)12-24(28)38(26)14-21-6-9-41-21/h1-5,10-12,17,21H,6-9,14-16H2,(H,39,40)/t21-/m0/s1. The zero-order valence-electron chi connectivity index (χ0n) is 22.3. The SMILES string of the molecule is N#Cc1ccc(COc2cccc(N3C=NN(Cc4nc5c(F)cc(C(=O)O)cc5n4C[C@@H]4CCO4)CC3)n2)c(F)c1. The molecule has 0 saturated carbocycles. The van der Waals surface area contributed by atoms with Crippen molar-refractivity contribution in [2.75, 3.05) is 24.6 Å². The lowest BCUT2D eigenvalue weighted by atomic mass is 10.1. The van der Waals surface area contributed by atoms with Gasteiger partial charge in [-0.15, -0.1) is 0 Å². The molecule has 2 aliphatic heterocycles. The maximum absolute atomic E-state index is 14.8. The van der Waals surface area contributed by atoms with Gasteiger partial charge in [0, 0.05) is 24.8 Å². The van der Waals surface area contributed by atoms with Gasteiger partial charge in [0.05, 0.1) is 48.5 Å². The average Bonchev–Trinajstić information content (AvgIpc) is 3.31. The molecule has 0 aliphatic carbocycles. The number of halogens is 2. The highest BCUT2D eigenvalue weighted by atomic mass is 19.1. The average molecular weight is 574 g/mol. The van der Waals surface area contributed by atoms with E-state index in [0.717, 1.165) is 12.5 Å². The quantitative estimate of drug-likeness (QED) is 0.317. The Bertz CT molecular complexity index is 1730. The molecule has 0 amide bonds. The number of hydrogen-bond acceptors (Lipinski definition) is 9. The first-order valence-corrected chi connectivity index (χ1v) is 13.3. The van der Waals surface area contributed by atoms with E-state index in [1.165, 1.54) is 24.3 Å². The van der Waals surface area contributed by atoms with E-state index in [2.05, 4.69) is 15.1 Å². The minimum Gasteiger partial charge on any atom is -0.478 e. The van der Waals surface area contributed by atoms with Crippen LogP contribution in [0.5, 0.6) is 5.88 Å². The predicted molar refractivity (Wildman–Crippen MR) is 147 cm³/mol. The summed E-state index contributed by atoms with van der Waals surface area (Å²) in [5, 5.41) is 24.7. The Morgan fingerprint density at radius 1 is 1.14 bits per heavy atom. The summed E-state index contributed by atoms with van der Waals surface area (Å²) in [6, 6.07) is 13.8. The van der Waals surface area contributed by atoms with Crippen molar-refractivity contribution in [3.8, 4) is 11.9 Å². The lowest BCUT2D eigenvalue weighted by Crippen LogP contribution is -2.38. The first-order valence-electron chi connectivity index (χ1n) is 13.3. The van der Waals surface area contributed by atoms with Crippen molar-refractivity contribution in [2.24, 2.45) is 5.10 Å². The van der Waals surface area contributed by atoms with Crippen molar-refractivity contribution in [1.29, 1.82) is 5.26 Å². The minimum absolute atomic E-state index is 0.0443. The van der Waals surface area contributed by atoms with Crippen molar-refractivity contribution >= 4 is 29.2 Å². The lowest BCUT2D eigenvalue weighted by Gasteiger charge is -2.30. The Labute approximate surface area is 238 Å². The van der Waals surface area contributed by atoms with Gasteiger partial charge in [-0.05, 0) is 36.8 Å². The third kappa shape index (κ3) is 5.57. The maximum Gasteiger partial charge on any atom is 0.335 e. The van der Waals surface area contributed by atoms with Gasteiger partial charge in [-0.1, -0.05) is 12.1 Å². The summed E-state index contributed by atoms with van der Waals surface area (Å²) >= 11 is 0. The molecule has 214 valence electrons. The van der Waals surface area contributed by atoms with E-state index in [9.17, 15) is 18.7 Å². The summed E-state index contributed by atoms with van der Waals surface area (Å²) in [7, 11) is 0. The Kier molecular flexibility index (Phi) is 7.37. The molecule has 42 heavy (non-hydrogen) atoms. The molecule has 6 rings (SSSR count). The number of fused-ring (bicyclic) bond motifs is 1. The number of ether oxygens (including phenoxy) is 2. The number of aromatic nitrogens is 3. The number of benzene rings is 2. The van der Waals surface area contributed by atoms with Crippen LogP contribution in [0.3, 0.4) is 0 Å². The van der Waals surface area contributed by atoms with E-state index >= 15 is 0 Å². The fraction of sp³-hybridized carbons (Fsp3) is 0.276. The number of anilines is 1. The van der Waals surface area contributed by atoms with Crippen LogP contribution in [0.2, 0.25) is 0 Å². The van der Waals surface area contributed by atoms with Crippen LogP contribution in [0.25, 0.3) is 11.0 Å². The molecule has 2 aromatic heterocycles. The Morgan fingerprint density at radius 2 is 2.00 bits per heavy atom.